The van der Waals surface area contributed by atoms with Crippen LogP contribution in [0.3, 0.4) is 0 Å². The van der Waals surface area contributed by atoms with Gasteiger partial charge in [0.15, 0.2) is 0 Å². The summed E-state index contributed by atoms with van der Waals surface area (Å²) in [6, 6.07) is 7.00. The molecule has 0 aliphatic rings. The first-order chi connectivity index (χ1) is 13.2. The van der Waals surface area contributed by atoms with E-state index in [4.69, 9.17) is 4.74 Å². The average Bonchev–Trinajstić information content (AvgIpc) is 3.23. The summed E-state index contributed by atoms with van der Waals surface area (Å²) >= 11 is 0. The van der Waals surface area contributed by atoms with E-state index in [9.17, 15) is 9.59 Å². The SMILES string of the molecule is CC.CC.CC.CCOC(=O)c1cnn(-c2nc3ccccc3c(=O)[nH]2)c1. The first-order valence-electron chi connectivity index (χ1n) is 9.40. The minimum absolute atomic E-state index is 0.245. The summed E-state index contributed by atoms with van der Waals surface area (Å²) < 4.78 is 6.22. The summed E-state index contributed by atoms with van der Waals surface area (Å²) in [5.74, 6) is -0.221. The van der Waals surface area contributed by atoms with Gasteiger partial charge in [-0.25, -0.2) is 14.5 Å². The highest BCUT2D eigenvalue weighted by atomic mass is 16.5. The van der Waals surface area contributed by atoms with Crippen LogP contribution in [0.25, 0.3) is 16.9 Å². The van der Waals surface area contributed by atoms with Crippen molar-refractivity contribution >= 4 is 16.9 Å². The fraction of sp³-hybridized carbons (Fsp3) is 0.400. The van der Waals surface area contributed by atoms with Gasteiger partial charge in [-0.05, 0) is 19.1 Å². The zero-order chi connectivity index (χ0) is 20.8. The largest absolute Gasteiger partial charge is 0.462 e. The monoisotopic (exact) mass is 374 g/mol. The number of H-pyrrole nitrogens is 1. The molecule has 1 aromatic carbocycles. The molecule has 0 radical (unpaired) electrons. The lowest BCUT2D eigenvalue weighted by molar-refractivity contribution is 0.0526. The Morgan fingerprint density at radius 1 is 1.11 bits per heavy atom. The van der Waals surface area contributed by atoms with Crippen molar-refractivity contribution in [2.45, 2.75) is 48.5 Å². The van der Waals surface area contributed by atoms with Crippen LogP contribution >= 0.6 is 0 Å². The van der Waals surface area contributed by atoms with Gasteiger partial charge in [-0.2, -0.15) is 5.10 Å². The Hall–Kier alpha value is -2.96. The number of carbonyl (C=O) groups excluding carboxylic acids is 1. The van der Waals surface area contributed by atoms with Crippen LogP contribution in [0, 0.1) is 0 Å². The lowest BCUT2D eigenvalue weighted by atomic mass is 10.2. The molecule has 0 aliphatic heterocycles. The smallest absolute Gasteiger partial charge is 0.341 e. The van der Waals surface area contributed by atoms with Crippen molar-refractivity contribution in [1.29, 1.82) is 0 Å². The fourth-order valence-electron chi connectivity index (χ4n) is 1.94. The van der Waals surface area contributed by atoms with E-state index < -0.39 is 5.97 Å². The molecule has 0 spiro atoms. The molecule has 7 nitrogen and oxygen atoms in total. The second-order valence-corrected chi connectivity index (χ2v) is 4.30. The van der Waals surface area contributed by atoms with Crippen molar-refractivity contribution < 1.29 is 9.53 Å². The topological polar surface area (TPSA) is 89.9 Å². The first kappa shape index (κ1) is 24.0. The second-order valence-electron chi connectivity index (χ2n) is 4.30. The Morgan fingerprint density at radius 2 is 1.74 bits per heavy atom. The van der Waals surface area contributed by atoms with E-state index in [1.807, 2.05) is 41.5 Å². The third-order valence-corrected chi connectivity index (χ3v) is 2.91. The Morgan fingerprint density at radius 3 is 2.37 bits per heavy atom. The molecule has 148 valence electrons. The molecule has 3 rings (SSSR count). The number of esters is 1. The van der Waals surface area contributed by atoms with E-state index in [0.29, 0.717) is 16.5 Å². The Kier molecular flexibility index (Phi) is 11.8. The number of hydrogen-bond acceptors (Lipinski definition) is 5. The van der Waals surface area contributed by atoms with Crippen molar-refractivity contribution in [3.63, 3.8) is 0 Å². The summed E-state index contributed by atoms with van der Waals surface area (Å²) in [6.07, 6.45) is 2.83. The van der Waals surface area contributed by atoms with Crippen LogP contribution in [0.15, 0.2) is 41.5 Å². The maximum atomic E-state index is 12.0. The molecule has 0 atom stereocenters. The van der Waals surface area contributed by atoms with Gasteiger partial charge in [-0.3, -0.25) is 9.78 Å². The number of para-hydroxylation sites is 1. The standard InChI is InChI=1S/C14H12N4O3.3C2H6/c1-2-21-13(20)9-7-15-18(8-9)14-16-11-6-4-3-5-10(11)12(19)17-14;3*1-2/h3-8H,2H2,1H3,(H,16,17,19);3*1-2H3. The molecule has 2 heterocycles. The van der Waals surface area contributed by atoms with Gasteiger partial charge in [0.2, 0.25) is 5.95 Å². The molecule has 0 amide bonds. The highest BCUT2D eigenvalue weighted by molar-refractivity contribution is 5.88. The first-order valence-corrected chi connectivity index (χ1v) is 9.40. The molecular weight excluding hydrogens is 344 g/mol. The third kappa shape index (κ3) is 6.36. The number of rotatable bonds is 3. The van der Waals surface area contributed by atoms with Crippen molar-refractivity contribution in [3.05, 3.63) is 52.6 Å². The average molecular weight is 374 g/mol. The molecule has 0 saturated heterocycles. The molecule has 3 aromatic rings. The maximum Gasteiger partial charge on any atom is 0.341 e. The van der Waals surface area contributed by atoms with E-state index in [2.05, 4.69) is 15.1 Å². The zero-order valence-corrected chi connectivity index (χ0v) is 17.2. The van der Waals surface area contributed by atoms with E-state index in [-0.39, 0.29) is 18.1 Å². The molecule has 27 heavy (non-hydrogen) atoms. The Bertz CT molecular complexity index is 869. The molecule has 0 aliphatic carbocycles. The number of fused-ring (bicyclic) bond motifs is 1. The number of aromatic amines is 1. The van der Waals surface area contributed by atoms with Gasteiger partial charge in [-0.15, -0.1) is 0 Å². The molecular formula is C20H30N4O3. The highest BCUT2D eigenvalue weighted by Gasteiger charge is 2.12. The predicted molar refractivity (Wildman–Crippen MR) is 109 cm³/mol. The predicted octanol–water partition coefficient (Wildman–Crippen LogP) is 4.36. The van der Waals surface area contributed by atoms with Crippen molar-refractivity contribution in [1.82, 2.24) is 19.7 Å². The number of carbonyl (C=O) groups is 1. The van der Waals surface area contributed by atoms with E-state index >= 15 is 0 Å². The Labute approximate surface area is 160 Å². The van der Waals surface area contributed by atoms with Gasteiger partial charge in [0.1, 0.15) is 0 Å². The van der Waals surface area contributed by atoms with Crippen molar-refractivity contribution in [3.8, 4) is 5.95 Å². The summed E-state index contributed by atoms with van der Waals surface area (Å²) in [5, 5.41) is 4.52. The van der Waals surface area contributed by atoms with Gasteiger partial charge < -0.3 is 4.74 Å². The zero-order valence-electron chi connectivity index (χ0n) is 17.2. The van der Waals surface area contributed by atoms with Crippen molar-refractivity contribution in [2.24, 2.45) is 0 Å². The quantitative estimate of drug-likeness (QED) is 0.688. The third-order valence-electron chi connectivity index (χ3n) is 2.91. The van der Waals surface area contributed by atoms with Crippen LogP contribution in [0.2, 0.25) is 0 Å². The minimum atomic E-state index is -0.466. The van der Waals surface area contributed by atoms with Crippen LogP contribution in [0.5, 0.6) is 0 Å². The van der Waals surface area contributed by atoms with Crippen LogP contribution in [-0.2, 0) is 4.74 Å². The molecule has 2 aromatic heterocycles. The summed E-state index contributed by atoms with van der Waals surface area (Å²) in [4.78, 5) is 30.5. The maximum absolute atomic E-state index is 12.0. The minimum Gasteiger partial charge on any atom is -0.462 e. The summed E-state index contributed by atoms with van der Waals surface area (Å²) in [7, 11) is 0. The van der Waals surface area contributed by atoms with Gasteiger partial charge >= 0.3 is 5.97 Å². The van der Waals surface area contributed by atoms with Crippen LogP contribution in [0.1, 0.15) is 58.8 Å². The normalized spacial score (nSPS) is 9.00. The second kappa shape index (κ2) is 13.3. The van der Waals surface area contributed by atoms with E-state index in [1.54, 1.807) is 31.2 Å². The number of nitrogens with zero attached hydrogens (tertiary/aromatic N) is 3. The number of nitrogens with one attached hydrogen (secondary N) is 1. The number of benzene rings is 1. The Balaban J connectivity index is 0.00000103. The lowest BCUT2D eigenvalue weighted by Crippen LogP contribution is -2.13. The van der Waals surface area contributed by atoms with Crippen LogP contribution in [-0.4, -0.2) is 32.3 Å². The number of aromatic nitrogens is 4. The molecule has 1 N–H and O–H groups in total. The van der Waals surface area contributed by atoms with Crippen LogP contribution < -0.4 is 5.56 Å². The highest BCUT2D eigenvalue weighted by Crippen LogP contribution is 2.09. The molecule has 0 saturated carbocycles. The van der Waals surface area contributed by atoms with Gasteiger partial charge in [-0.1, -0.05) is 53.7 Å². The molecule has 0 bridgehead atoms. The molecule has 0 fully saturated rings. The molecule has 7 heteroatoms. The van der Waals surface area contributed by atoms with Gasteiger partial charge in [0.25, 0.3) is 5.56 Å². The fourth-order valence-corrected chi connectivity index (χ4v) is 1.94. The molecule has 0 unspecified atom stereocenters. The lowest BCUT2D eigenvalue weighted by Gasteiger charge is -2.02. The van der Waals surface area contributed by atoms with E-state index in [0.717, 1.165) is 0 Å². The summed E-state index contributed by atoms with van der Waals surface area (Å²) in [6.45, 7) is 14.0. The van der Waals surface area contributed by atoms with E-state index in [1.165, 1.54) is 17.1 Å². The summed E-state index contributed by atoms with van der Waals surface area (Å²) in [5.41, 5.74) is 0.598. The van der Waals surface area contributed by atoms with Gasteiger partial charge in [0, 0.05) is 6.20 Å². The van der Waals surface area contributed by atoms with Crippen molar-refractivity contribution in [2.75, 3.05) is 6.61 Å². The number of hydrogen-bond donors (Lipinski definition) is 1. The number of ether oxygens (including phenoxy) is 1. The van der Waals surface area contributed by atoms with Crippen LogP contribution in [0.4, 0.5) is 0 Å². The van der Waals surface area contributed by atoms with Gasteiger partial charge in [0.05, 0.1) is 29.3 Å².